The second-order valence-electron chi connectivity index (χ2n) is 4.27. The number of nitrogens with two attached hydrogens (primary N) is 1. The molecule has 0 spiro atoms. The molecule has 1 aromatic carbocycles. The van der Waals surface area contributed by atoms with Crippen molar-refractivity contribution < 1.29 is 10.0 Å². The second kappa shape index (κ2) is 4.98. The first-order chi connectivity index (χ1) is 7.85. The topological polar surface area (TPSA) is 113 Å². The monoisotopic (exact) mass is 240 g/mol. The van der Waals surface area contributed by atoms with Gasteiger partial charge in [0.05, 0.1) is 10.5 Å². The van der Waals surface area contributed by atoms with Crippen LogP contribution in [0.5, 0.6) is 0 Å². The molecule has 0 saturated carbocycles. The fraction of sp³-hybridized carbons (Fsp3) is 0.400. The van der Waals surface area contributed by atoms with Crippen molar-refractivity contribution >= 4 is 17.1 Å². The summed E-state index contributed by atoms with van der Waals surface area (Å²) in [5.74, 6) is 5.21. The number of nitrogens with one attached hydrogen (secondary N) is 2. The first-order valence-corrected chi connectivity index (χ1v) is 5.05. The molecule has 0 aliphatic carbocycles. The van der Waals surface area contributed by atoms with Crippen LogP contribution >= 0.6 is 0 Å². The molecule has 0 aliphatic rings. The molecule has 0 atom stereocenters. The normalized spacial score (nSPS) is 11.1. The van der Waals surface area contributed by atoms with Crippen LogP contribution in [0, 0.1) is 10.1 Å². The number of nitrogen functional groups attached to an aromatic ring is 1. The summed E-state index contributed by atoms with van der Waals surface area (Å²) in [5, 5.41) is 23.3. The minimum absolute atomic E-state index is 0.140. The van der Waals surface area contributed by atoms with E-state index in [1.807, 2.05) is 0 Å². The zero-order chi connectivity index (χ0) is 13.1. The zero-order valence-corrected chi connectivity index (χ0v) is 9.73. The Morgan fingerprint density at radius 3 is 2.53 bits per heavy atom. The van der Waals surface area contributed by atoms with Crippen LogP contribution in [0.15, 0.2) is 18.2 Å². The highest BCUT2D eigenvalue weighted by atomic mass is 16.6. The number of para-hydroxylation sites is 1. The number of benzene rings is 1. The molecule has 7 nitrogen and oxygen atoms in total. The number of anilines is 2. The minimum Gasteiger partial charge on any atom is -0.389 e. The van der Waals surface area contributed by atoms with E-state index in [4.69, 9.17) is 5.84 Å². The number of rotatable bonds is 5. The molecule has 0 aliphatic heterocycles. The number of nitro groups is 1. The van der Waals surface area contributed by atoms with E-state index >= 15 is 0 Å². The predicted molar refractivity (Wildman–Crippen MR) is 65.7 cm³/mol. The van der Waals surface area contributed by atoms with E-state index in [0.29, 0.717) is 5.69 Å². The molecule has 17 heavy (non-hydrogen) atoms. The fourth-order valence-electron chi connectivity index (χ4n) is 1.31. The van der Waals surface area contributed by atoms with Crippen molar-refractivity contribution in [2.45, 2.75) is 19.4 Å². The third-order valence-electron chi connectivity index (χ3n) is 2.09. The summed E-state index contributed by atoms with van der Waals surface area (Å²) in [6, 6.07) is 4.70. The van der Waals surface area contributed by atoms with Crippen LogP contribution in [0.2, 0.25) is 0 Å². The summed E-state index contributed by atoms with van der Waals surface area (Å²) in [5.41, 5.74) is 1.70. The average molecular weight is 240 g/mol. The average Bonchev–Trinajstić information content (AvgIpc) is 2.24. The quantitative estimate of drug-likeness (QED) is 0.348. The van der Waals surface area contributed by atoms with Crippen LogP contribution in [0.4, 0.5) is 17.1 Å². The highest BCUT2D eigenvalue weighted by molar-refractivity contribution is 5.75. The van der Waals surface area contributed by atoms with Gasteiger partial charge in [0.15, 0.2) is 0 Å². The zero-order valence-electron chi connectivity index (χ0n) is 9.73. The first-order valence-electron chi connectivity index (χ1n) is 5.05. The Morgan fingerprint density at radius 1 is 1.47 bits per heavy atom. The van der Waals surface area contributed by atoms with Gasteiger partial charge in [-0.25, -0.2) is 0 Å². The van der Waals surface area contributed by atoms with Gasteiger partial charge >= 0.3 is 5.69 Å². The maximum Gasteiger partial charge on any atom is 0.316 e. The molecule has 1 rings (SSSR count). The van der Waals surface area contributed by atoms with Crippen molar-refractivity contribution in [1.29, 1.82) is 0 Å². The molecule has 0 fully saturated rings. The van der Waals surface area contributed by atoms with Crippen molar-refractivity contribution in [3.63, 3.8) is 0 Å². The molecule has 1 aromatic rings. The molecular weight excluding hydrogens is 224 g/mol. The molecule has 5 N–H and O–H groups in total. The second-order valence-corrected chi connectivity index (χ2v) is 4.27. The Kier molecular flexibility index (Phi) is 3.87. The number of nitro benzene ring substituents is 1. The lowest BCUT2D eigenvalue weighted by molar-refractivity contribution is -0.383. The van der Waals surface area contributed by atoms with Gasteiger partial charge in [0.25, 0.3) is 0 Å². The lowest BCUT2D eigenvalue weighted by Crippen LogP contribution is -2.29. The van der Waals surface area contributed by atoms with Crippen LogP contribution in [0.1, 0.15) is 13.8 Å². The van der Waals surface area contributed by atoms with Crippen molar-refractivity contribution in [2.24, 2.45) is 5.84 Å². The molecule has 0 heterocycles. The van der Waals surface area contributed by atoms with Gasteiger partial charge in [0, 0.05) is 6.54 Å². The van der Waals surface area contributed by atoms with Crippen LogP contribution in [-0.2, 0) is 0 Å². The van der Waals surface area contributed by atoms with Gasteiger partial charge in [-0.15, -0.1) is 0 Å². The summed E-state index contributed by atoms with van der Waals surface area (Å²) in [4.78, 5) is 10.4. The van der Waals surface area contributed by atoms with Crippen LogP contribution in [0.25, 0.3) is 0 Å². The largest absolute Gasteiger partial charge is 0.389 e. The smallest absolute Gasteiger partial charge is 0.316 e. The third-order valence-corrected chi connectivity index (χ3v) is 2.09. The first kappa shape index (κ1) is 13.2. The van der Waals surface area contributed by atoms with Gasteiger partial charge in [0.1, 0.15) is 11.4 Å². The number of hydrogen-bond acceptors (Lipinski definition) is 6. The van der Waals surface area contributed by atoms with Crippen molar-refractivity contribution in [3.05, 3.63) is 28.3 Å². The Hall–Kier alpha value is -1.86. The van der Waals surface area contributed by atoms with E-state index in [0.717, 1.165) is 0 Å². The maximum absolute atomic E-state index is 10.9. The Labute approximate surface area is 98.7 Å². The van der Waals surface area contributed by atoms with Gasteiger partial charge < -0.3 is 15.8 Å². The SMILES string of the molecule is CC(C)(O)CNc1cccc(NN)c1[N+](=O)[O-]. The van der Waals surface area contributed by atoms with E-state index < -0.39 is 10.5 Å². The molecule has 0 aromatic heterocycles. The Balaban J connectivity index is 3.02. The number of nitrogens with zero attached hydrogens (tertiary/aromatic N) is 1. The molecular formula is C10H16N4O3. The van der Waals surface area contributed by atoms with E-state index in [9.17, 15) is 15.2 Å². The molecule has 94 valence electrons. The number of hydrazine groups is 1. The highest BCUT2D eigenvalue weighted by Gasteiger charge is 2.21. The number of aliphatic hydroxyl groups is 1. The molecule has 0 bridgehead atoms. The van der Waals surface area contributed by atoms with Crippen LogP contribution in [0.3, 0.4) is 0 Å². The summed E-state index contributed by atoms with van der Waals surface area (Å²) in [6.07, 6.45) is 0. The molecule has 0 amide bonds. The molecule has 7 heteroatoms. The predicted octanol–water partition coefficient (Wildman–Crippen LogP) is 1.06. The van der Waals surface area contributed by atoms with Gasteiger partial charge in [-0.2, -0.15) is 0 Å². The summed E-state index contributed by atoms with van der Waals surface area (Å²) in [7, 11) is 0. The highest BCUT2D eigenvalue weighted by Crippen LogP contribution is 2.32. The lowest BCUT2D eigenvalue weighted by Gasteiger charge is -2.18. The minimum atomic E-state index is -0.958. The third kappa shape index (κ3) is 3.58. The Bertz CT molecular complexity index is 415. The van der Waals surface area contributed by atoms with Crippen molar-refractivity contribution in [3.8, 4) is 0 Å². The number of hydrogen-bond donors (Lipinski definition) is 4. The summed E-state index contributed by atoms with van der Waals surface area (Å²) >= 11 is 0. The van der Waals surface area contributed by atoms with Crippen LogP contribution < -0.4 is 16.6 Å². The summed E-state index contributed by atoms with van der Waals surface area (Å²) in [6.45, 7) is 3.41. The lowest BCUT2D eigenvalue weighted by atomic mass is 10.1. The standard InChI is InChI=1S/C10H16N4O3/c1-10(2,15)6-12-7-4-3-5-8(13-11)9(7)14(16)17/h3-5,12-13,15H,6,11H2,1-2H3. The van der Waals surface area contributed by atoms with Crippen molar-refractivity contribution in [2.75, 3.05) is 17.3 Å². The van der Waals surface area contributed by atoms with Crippen LogP contribution in [-0.4, -0.2) is 22.2 Å². The summed E-state index contributed by atoms with van der Waals surface area (Å²) < 4.78 is 0. The Morgan fingerprint density at radius 2 is 2.06 bits per heavy atom. The van der Waals surface area contributed by atoms with E-state index in [1.165, 1.54) is 6.07 Å². The van der Waals surface area contributed by atoms with Gasteiger partial charge in [-0.3, -0.25) is 16.0 Å². The molecule has 0 saturated heterocycles. The maximum atomic E-state index is 10.9. The fourth-order valence-corrected chi connectivity index (χ4v) is 1.31. The van der Waals surface area contributed by atoms with Gasteiger partial charge in [-0.05, 0) is 26.0 Å². The van der Waals surface area contributed by atoms with E-state index in [1.54, 1.807) is 26.0 Å². The van der Waals surface area contributed by atoms with Gasteiger partial charge in [0.2, 0.25) is 0 Å². The van der Waals surface area contributed by atoms with E-state index in [-0.39, 0.29) is 17.9 Å². The molecule has 0 radical (unpaired) electrons. The van der Waals surface area contributed by atoms with Gasteiger partial charge in [-0.1, -0.05) is 6.07 Å². The van der Waals surface area contributed by atoms with Crippen molar-refractivity contribution in [1.82, 2.24) is 0 Å². The van der Waals surface area contributed by atoms with E-state index in [2.05, 4.69) is 10.7 Å². The molecule has 0 unspecified atom stereocenters.